The van der Waals surface area contributed by atoms with Gasteiger partial charge in [-0.05, 0) is 12.1 Å². The molecule has 20 heavy (non-hydrogen) atoms. The summed E-state index contributed by atoms with van der Waals surface area (Å²) in [5.74, 6) is 0. The van der Waals surface area contributed by atoms with E-state index in [1.54, 1.807) is 6.07 Å². The minimum Gasteiger partial charge on any atom is -0.305 e. The summed E-state index contributed by atoms with van der Waals surface area (Å²) in [6.45, 7) is 0. The summed E-state index contributed by atoms with van der Waals surface area (Å²) in [5, 5.41) is 0.591. The molecule has 0 aliphatic heterocycles. The highest BCUT2D eigenvalue weighted by molar-refractivity contribution is 6.33. The summed E-state index contributed by atoms with van der Waals surface area (Å²) in [4.78, 5) is 18.5. The fraction of sp³-hybridized carbons (Fsp3) is 0. The van der Waals surface area contributed by atoms with Gasteiger partial charge in [-0.3, -0.25) is 0 Å². The van der Waals surface area contributed by atoms with Crippen molar-refractivity contribution >= 4 is 11.6 Å². The maximum Gasteiger partial charge on any atom is 0.345 e. The Kier molecular flexibility index (Phi) is 3.35. The van der Waals surface area contributed by atoms with Crippen LogP contribution < -0.4 is 5.69 Å². The van der Waals surface area contributed by atoms with Gasteiger partial charge < -0.3 is 4.98 Å². The number of H-pyrrole nitrogens is 1. The van der Waals surface area contributed by atoms with Gasteiger partial charge in [0.25, 0.3) is 0 Å². The number of hydrogen-bond donors (Lipinski definition) is 1. The highest BCUT2D eigenvalue weighted by Gasteiger charge is 2.07. The van der Waals surface area contributed by atoms with Gasteiger partial charge in [0, 0.05) is 16.1 Å². The maximum atomic E-state index is 11.8. The normalized spacial score (nSPS) is 10.4. The van der Waals surface area contributed by atoms with Crippen molar-refractivity contribution in [2.75, 3.05) is 0 Å². The summed E-state index contributed by atoms with van der Waals surface area (Å²) in [7, 11) is 0. The second kappa shape index (κ2) is 5.31. The molecule has 98 valence electrons. The SMILES string of the molecule is O=c1nc(-c2ccccc2)cc(-c2ccccc2Cl)[nH]1. The standard InChI is InChI=1S/C16H11ClN2O/c17-13-9-5-4-8-12(13)15-10-14(18-16(20)19-15)11-6-2-1-3-7-11/h1-10H,(H,18,19,20). The van der Waals surface area contributed by atoms with Crippen molar-refractivity contribution in [3.63, 3.8) is 0 Å². The van der Waals surface area contributed by atoms with Crippen LogP contribution in [0.5, 0.6) is 0 Å². The predicted molar refractivity (Wildman–Crippen MR) is 80.7 cm³/mol. The minimum absolute atomic E-state index is 0.388. The van der Waals surface area contributed by atoms with Gasteiger partial charge in [0.05, 0.1) is 11.4 Å². The topological polar surface area (TPSA) is 45.8 Å². The Morgan fingerprint density at radius 1 is 0.950 bits per heavy atom. The highest BCUT2D eigenvalue weighted by Crippen LogP contribution is 2.27. The zero-order valence-electron chi connectivity index (χ0n) is 10.5. The first-order valence-corrected chi connectivity index (χ1v) is 6.53. The van der Waals surface area contributed by atoms with Gasteiger partial charge >= 0.3 is 5.69 Å². The number of rotatable bonds is 2. The van der Waals surface area contributed by atoms with E-state index in [2.05, 4.69) is 9.97 Å². The fourth-order valence-corrected chi connectivity index (χ4v) is 2.28. The predicted octanol–water partition coefficient (Wildman–Crippen LogP) is 3.76. The Balaban J connectivity index is 2.18. The van der Waals surface area contributed by atoms with Gasteiger partial charge in [-0.1, -0.05) is 60.1 Å². The summed E-state index contributed by atoms with van der Waals surface area (Å²) >= 11 is 6.17. The molecule has 0 radical (unpaired) electrons. The van der Waals surface area contributed by atoms with E-state index in [-0.39, 0.29) is 5.69 Å². The van der Waals surface area contributed by atoms with E-state index in [0.29, 0.717) is 16.4 Å². The molecule has 0 bridgehead atoms. The van der Waals surface area contributed by atoms with Crippen LogP contribution in [0.4, 0.5) is 0 Å². The number of nitrogens with zero attached hydrogens (tertiary/aromatic N) is 1. The van der Waals surface area contributed by atoms with Gasteiger partial charge in [-0.2, -0.15) is 4.98 Å². The third-order valence-electron chi connectivity index (χ3n) is 2.98. The molecule has 4 heteroatoms. The maximum absolute atomic E-state index is 11.8. The summed E-state index contributed by atoms with van der Waals surface area (Å²) in [5.41, 5.74) is 2.58. The largest absolute Gasteiger partial charge is 0.345 e. The number of hydrogen-bond acceptors (Lipinski definition) is 2. The van der Waals surface area contributed by atoms with Gasteiger partial charge in [0.2, 0.25) is 0 Å². The monoisotopic (exact) mass is 282 g/mol. The van der Waals surface area contributed by atoms with E-state index >= 15 is 0 Å². The average Bonchev–Trinajstić information content (AvgIpc) is 2.48. The fourth-order valence-electron chi connectivity index (χ4n) is 2.04. The van der Waals surface area contributed by atoms with Crippen LogP contribution >= 0.6 is 11.6 Å². The molecule has 0 fully saturated rings. The molecule has 0 unspecified atom stereocenters. The Labute approximate surface area is 120 Å². The van der Waals surface area contributed by atoms with Crippen molar-refractivity contribution in [1.29, 1.82) is 0 Å². The summed E-state index contributed by atoms with van der Waals surface area (Å²) in [6.07, 6.45) is 0. The summed E-state index contributed by atoms with van der Waals surface area (Å²) < 4.78 is 0. The van der Waals surface area contributed by atoms with E-state index in [0.717, 1.165) is 11.1 Å². The smallest absolute Gasteiger partial charge is 0.305 e. The third kappa shape index (κ3) is 2.49. The van der Waals surface area contributed by atoms with Crippen LogP contribution in [-0.2, 0) is 0 Å². The number of aromatic amines is 1. The number of halogens is 1. The van der Waals surface area contributed by atoms with E-state index in [1.165, 1.54) is 0 Å². The second-order valence-electron chi connectivity index (χ2n) is 4.33. The van der Waals surface area contributed by atoms with E-state index in [1.807, 2.05) is 54.6 Å². The van der Waals surface area contributed by atoms with Crippen LogP contribution in [0, 0.1) is 0 Å². The Hall–Kier alpha value is -2.39. The zero-order chi connectivity index (χ0) is 13.9. The van der Waals surface area contributed by atoms with Crippen molar-refractivity contribution in [3.05, 3.63) is 76.2 Å². The first-order valence-electron chi connectivity index (χ1n) is 6.16. The van der Waals surface area contributed by atoms with Crippen LogP contribution in [0.3, 0.4) is 0 Å². The molecule has 1 N–H and O–H groups in total. The Morgan fingerprint density at radius 3 is 2.40 bits per heavy atom. The first-order chi connectivity index (χ1) is 9.74. The average molecular weight is 283 g/mol. The molecule has 0 amide bonds. The lowest BCUT2D eigenvalue weighted by atomic mass is 10.1. The van der Waals surface area contributed by atoms with Gasteiger partial charge in [-0.25, -0.2) is 4.79 Å². The quantitative estimate of drug-likeness (QED) is 0.778. The van der Waals surface area contributed by atoms with E-state index in [9.17, 15) is 4.79 Å². The second-order valence-corrected chi connectivity index (χ2v) is 4.74. The lowest BCUT2D eigenvalue weighted by Crippen LogP contribution is -2.12. The lowest BCUT2D eigenvalue weighted by molar-refractivity contribution is 1.09. The first kappa shape index (κ1) is 12.6. The molecule has 3 aromatic rings. The van der Waals surface area contributed by atoms with Crippen molar-refractivity contribution in [1.82, 2.24) is 9.97 Å². The molecule has 0 saturated carbocycles. The molecule has 0 saturated heterocycles. The molecular weight excluding hydrogens is 272 g/mol. The molecule has 1 aromatic heterocycles. The Bertz CT molecular complexity index is 797. The van der Waals surface area contributed by atoms with E-state index < -0.39 is 0 Å². The van der Waals surface area contributed by atoms with Crippen molar-refractivity contribution in [3.8, 4) is 22.5 Å². The summed E-state index contributed by atoms with van der Waals surface area (Å²) in [6, 6.07) is 18.8. The van der Waals surface area contributed by atoms with Crippen molar-refractivity contribution in [2.45, 2.75) is 0 Å². The molecule has 2 aromatic carbocycles. The number of aromatic nitrogens is 2. The third-order valence-corrected chi connectivity index (χ3v) is 3.31. The van der Waals surface area contributed by atoms with Crippen molar-refractivity contribution in [2.24, 2.45) is 0 Å². The van der Waals surface area contributed by atoms with Gasteiger partial charge in [0.15, 0.2) is 0 Å². The van der Waals surface area contributed by atoms with Crippen LogP contribution in [0.15, 0.2) is 65.5 Å². The van der Waals surface area contributed by atoms with E-state index in [4.69, 9.17) is 11.6 Å². The number of benzene rings is 2. The van der Waals surface area contributed by atoms with Crippen molar-refractivity contribution < 1.29 is 0 Å². The lowest BCUT2D eigenvalue weighted by Gasteiger charge is -2.06. The van der Waals surface area contributed by atoms with Crippen LogP contribution in [0.2, 0.25) is 5.02 Å². The molecule has 3 rings (SSSR count). The van der Waals surface area contributed by atoms with Gasteiger partial charge in [0.1, 0.15) is 0 Å². The molecule has 0 atom stereocenters. The molecule has 0 aliphatic rings. The molecule has 1 heterocycles. The minimum atomic E-state index is -0.388. The molecule has 0 aliphatic carbocycles. The van der Waals surface area contributed by atoms with Crippen LogP contribution in [-0.4, -0.2) is 9.97 Å². The molecular formula is C16H11ClN2O. The number of nitrogens with one attached hydrogen (secondary N) is 1. The van der Waals surface area contributed by atoms with Crippen LogP contribution in [0.25, 0.3) is 22.5 Å². The Morgan fingerprint density at radius 2 is 1.65 bits per heavy atom. The molecule has 0 spiro atoms. The molecule has 3 nitrogen and oxygen atoms in total. The van der Waals surface area contributed by atoms with Crippen LogP contribution in [0.1, 0.15) is 0 Å². The zero-order valence-corrected chi connectivity index (χ0v) is 11.3. The van der Waals surface area contributed by atoms with Gasteiger partial charge in [-0.15, -0.1) is 0 Å². The highest BCUT2D eigenvalue weighted by atomic mass is 35.5.